The van der Waals surface area contributed by atoms with E-state index in [1.165, 1.54) is 0 Å². The number of hydrogen-bond donors (Lipinski definition) is 1. The minimum atomic E-state index is 0.0189. The molecule has 0 fully saturated rings. The molecule has 21 heavy (non-hydrogen) atoms. The van der Waals surface area contributed by atoms with E-state index in [-0.39, 0.29) is 5.54 Å². The van der Waals surface area contributed by atoms with Crippen molar-refractivity contribution in [1.82, 2.24) is 10.3 Å². The molecular weight excluding hydrogens is 307 g/mol. The number of hydrogen-bond acceptors (Lipinski definition) is 3. The van der Waals surface area contributed by atoms with Crippen molar-refractivity contribution in [3.8, 4) is 11.5 Å². The van der Waals surface area contributed by atoms with Crippen LogP contribution in [0.2, 0.25) is 10.0 Å². The average Bonchev–Trinajstić information content (AvgIpc) is 2.40. The normalized spacial score (nSPS) is 11.5. The molecule has 0 amide bonds. The van der Waals surface area contributed by atoms with Crippen molar-refractivity contribution in [3.05, 3.63) is 52.3 Å². The minimum Gasteiger partial charge on any atom is -0.455 e. The van der Waals surface area contributed by atoms with Crippen LogP contribution in [0, 0.1) is 0 Å². The Morgan fingerprint density at radius 2 is 1.90 bits per heavy atom. The molecule has 0 radical (unpaired) electrons. The van der Waals surface area contributed by atoms with Gasteiger partial charge in [0, 0.05) is 35.1 Å². The van der Waals surface area contributed by atoms with Crippen LogP contribution in [-0.4, -0.2) is 10.5 Å². The summed E-state index contributed by atoms with van der Waals surface area (Å²) in [5.74, 6) is 1.30. The van der Waals surface area contributed by atoms with Gasteiger partial charge in [-0.05, 0) is 45.0 Å². The van der Waals surface area contributed by atoms with Crippen molar-refractivity contribution in [3.63, 3.8) is 0 Å². The number of aromatic nitrogens is 1. The lowest BCUT2D eigenvalue weighted by molar-refractivity contribution is 0.413. The van der Waals surface area contributed by atoms with Crippen LogP contribution in [0.3, 0.4) is 0 Å². The van der Waals surface area contributed by atoms with E-state index in [4.69, 9.17) is 27.9 Å². The van der Waals surface area contributed by atoms with Gasteiger partial charge in [0.15, 0.2) is 0 Å². The third-order valence-corrected chi connectivity index (χ3v) is 3.31. The van der Waals surface area contributed by atoms with Gasteiger partial charge in [0.05, 0.1) is 5.02 Å². The van der Waals surface area contributed by atoms with Gasteiger partial charge in [0.25, 0.3) is 0 Å². The molecule has 0 aliphatic heterocycles. The number of halogens is 2. The van der Waals surface area contributed by atoms with Gasteiger partial charge in [0.1, 0.15) is 11.5 Å². The minimum absolute atomic E-state index is 0.0189. The predicted octanol–water partition coefficient (Wildman–Crippen LogP) is 5.07. The Hall–Kier alpha value is -1.29. The standard InChI is InChI=1S/C16H18Cl2N2O/c1-16(2,3)20-10-11-9-19-7-6-14(11)21-15-5-4-12(17)8-13(15)18/h4-9,20H,10H2,1-3H3. The Balaban J connectivity index is 2.20. The topological polar surface area (TPSA) is 34.2 Å². The second-order valence-electron chi connectivity index (χ2n) is 5.76. The van der Waals surface area contributed by atoms with Crippen LogP contribution >= 0.6 is 23.2 Å². The molecule has 0 bridgehead atoms. The molecule has 0 saturated heterocycles. The highest BCUT2D eigenvalue weighted by Crippen LogP contribution is 2.32. The Morgan fingerprint density at radius 1 is 1.14 bits per heavy atom. The predicted molar refractivity (Wildman–Crippen MR) is 87.4 cm³/mol. The molecule has 0 unspecified atom stereocenters. The van der Waals surface area contributed by atoms with E-state index in [2.05, 4.69) is 31.1 Å². The first-order valence-electron chi connectivity index (χ1n) is 6.66. The van der Waals surface area contributed by atoms with E-state index in [9.17, 15) is 0 Å². The van der Waals surface area contributed by atoms with Crippen LogP contribution in [-0.2, 0) is 6.54 Å². The molecule has 1 aromatic heterocycles. The fourth-order valence-corrected chi connectivity index (χ4v) is 2.13. The molecule has 3 nitrogen and oxygen atoms in total. The summed E-state index contributed by atoms with van der Waals surface area (Å²) in [7, 11) is 0. The van der Waals surface area contributed by atoms with E-state index < -0.39 is 0 Å². The largest absolute Gasteiger partial charge is 0.455 e. The average molecular weight is 325 g/mol. The van der Waals surface area contributed by atoms with Crippen LogP contribution in [0.15, 0.2) is 36.7 Å². The number of nitrogens with zero attached hydrogens (tertiary/aromatic N) is 1. The third-order valence-electron chi connectivity index (χ3n) is 2.78. The van der Waals surface area contributed by atoms with Crippen molar-refractivity contribution in [2.45, 2.75) is 32.9 Å². The third kappa shape index (κ3) is 4.88. The van der Waals surface area contributed by atoms with Crippen LogP contribution < -0.4 is 10.1 Å². The summed E-state index contributed by atoms with van der Waals surface area (Å²) < 4.78 is 5.89. The molecule has 1 aromatic carbocycles. The van der Waals surface area contributed by atoms with E-state index in [1.807, 2.05) is 6.07 Å². The first-order chi connectivity index (χ1) is 9.85. The SMILES string of the molecule is CC(C)(C)NCc1cnccc1Oc1ccc(Cl)cc1Cl. The van der Waals surface area contributed by atoms with Crippen molar-refractivity contribution < 1.29 is 4.74 Å². The first kappa shape index (κ1) is 16.1. The highest BCUT2D eigenvalue weighted by Gasteiger charge is 2.12. The van der Waals surface area contributed by atoms with E-state index in [0.717, 1.165) is 11.3 Å². The van der Waals surface area contributed by atoms with Crippen molar-refractivity contribution >= 4 is 23.2 Å². The van der Waals surface area contributed by atoms with Gasteiger partial charge >= 0.3 is 0 Å². The molecule has 112 valence electrons. The molecule has 0 atom stereocenters. The maximum Gasteiger partial charge on any atom is 0.146 e. The number of ether oxygens (including phenoxy) is 1. The molecule has 2 rings (SSSR count). The Labute approximate surface area is 135 Å². The molecule has 0 aliphatic carbocycles. The maximum absolute atomic E-state index is 6.14. The summed E-state index contributed by atoms with van der Waals surface area (Å²) in [5.41, 5.74) is 0.990. The van der Waals surface area contributed by atoms with Crippen molar-refractivity contribution in [2.24, 2.45) is 0 Å². The van der Waals surface area contributed by atoms with Crippen LogP contribution in [0.5, 0.6) is 11.5 Å². The number of rotatable bonds is 4. The first-order valence-corrected chi connectivity index (χ1v) is 7.41. The lowest BCUT2D eigenvalue weighted by atomic mass is 10.1. The summed E-state index contributed by atoms with van der Waals surface area (Å²) in [6.07, 6.45) is 3.48. The highest BCUT2D eigenvalue weighted by molar-refractivity contribution is 6.35. The summed E-state index contributed by atoms with van der Waals surface area (Å²) in [5, 5.41) is 4.47. The Kier molecular flexibility index (Phi) is 5.09. The zero-order valence-electron chi connectivity index (χ0n) is 12.3. The molecule has 1 N–H and O–H groups in total. The van der Waals surface area contributed by atoms with Gasteiger partial charge in [-0.2, -0.15) is 0 Å². The van der Waals surface area contributed by atoms with Gasteiger partial charge < -0.3 is 10.1 Å². The van der Waals surface area contributed by atoms with E-state index in [1.54, 1.807) is 30.6 Å². The molecule has 0 saturated carbocycles. The van der Waals surface area contributed by atoms with Gasteiger partial charge in [-0.15, -0.1) is 0 Å². The number of nitrogens with one attached hydrogen (secondary N) is 1. The second kappa shape index (κ2) is 6.65. The second-order valence-corrected chi connectivity index (χ2v) is 6.61. The zero-order valence-corrected chi connectivity index (χ0v) is 13.8. The smallest absolute Gasteiger partial charge is 0.146 e. The van der Waals surface area contributed by atoms with Crippen LogP contribution in [0.4, 0.5) is 0 Å². The Bertz CT molecular complexity index is 624. The van der Waals surface area contributed by atoms with Gasteiger partial charge in [-0.1, -0.05) is 23.2 Å². The maximum atomic E-state index is 6.14. The summed E-state index contributed by atoms with van der Waals surface area (Å²) >= 11 is 12.0. The summed E-state index contributed by atoms with van der Waals surface area (Å²) in [6.45, 7) is 7.00. The molecule has 2 aromatic rings. The summed E-state index contributed by atoms with van der Waals surface area (Å²) in [4.78, 5) is 4.15. The molecule has 0 spiro atoms. The van der Waals surface area contributed by atoms with E-state index in [0.29, 0.717) is 22.3 Å². The van der Waals surface area contributed by atoms with Gasteiger partial charge in [-0.25, -0.2) is 0 Å². The van der Waals surface area contributed by atoms with E-state index >= 15 is 0 Å². The number of benzene rings is 1. The lowest BCUT2D eigenvalue weighted by Crippen LogP contribution is -2.35. The van der Waals surface area contributed by atoms with Gasteiger partial charge in [0.2, 0.25) is 0 Å². The highest BCUT2D eigenvalue weighted by atomic mass is 35.5. The fraction of sp³-hybridized carbons (Fsp3) is 0.312. The van der Waals surface area contributed by atoms with Crippen LogP contribution in [0.25, 0.3) is 0 Å². The van der Waals surface area contributed by atoms with Crippen LogP contribution in [0.1, 0.15) is 26.3 Å². The quantitative estimate of drug-likeness (QED) is 0.852. The van der Waals surface area contributed by atoms with Crippen molar-refractivity contribution in [1.29, 1.82) is 0 Å². The Morgan fingerprint density at radius 3 is 2.57 bits per heavy atom. The number of pyridine rings is 1. The molecule has 1 heterocycles. The molecule has 0 aliphatic rings. The summed E-state index contributed by atoms with van der Waals surface area (Å²) in [6, 6.07) is 6.99. The zero-order chi connectivity index (χ0) is 15.5. The molecule has 5 heteroatoms. The molecular formula is C16H18Cl2N2O. The van der Waals surface area contributed by atoms with Gasteiger partial charge in [-0.3, -0.25) is 4.98 Å². The lowest BCUT2D eigenvalue weighted by Gasteiger charge is -2.21. The monoisotopic (exact) mass is 324 g/mol. The van der Waals surface area contributed by atoms with Crippen molar-refractivity contribution in [2.75, 3.05) is 0 Å². The fourth-order valence-electron chi connectivity index (χ4n) is 1.68.